The molecule has 1 aromatic carbocycles. The number of amides is 1. The van der Waals surface area contributed by atoms with Crippen molar-refractivity contribution in [2.45, 2.75) is 13.0 Å². The molecule has 0 aliphatic rings. The van der Waals surface area contributed by atoms with Crippen LogP contribution >= 0.6 is 11.3 Å². The summed E-state index contributed by atoms with van der Waals surface area (Å²) in [5.41, 5.74) is 0.876. The van der Waals surface area contributed by atoms with E-state index in [1.54, 1.807) is 11.9 Å². The molecule has 0 bridgehead atoms. The molecule has 0 atom stereocenters. The summed E-state index contributed by atoms with van der Waals surface area (Å²) in [5.74, 6) is 0.0442. The van der Waals surface area contributed by atoms with E-state index >= 15 is 0 Å². The minimum atomic E-state index is -0.219. The summed E-state index contributed by atoms with van der Waals surface area (Å²) in [5, 5.41) is 7.79. The summed E-state index contributed by atoms with van der Waals surface area (Å²) in [4.78, 5) is 30.1. The van der Waals surface area contributed by atoms with Crippen LogP contribution in [0.3, 0.4) is 0 Å². The lowest BCUT2D eigenvalue weighted by Crippen LogP contribution is -2.27. The lowest BCUT2D eigenvalue weighted by atomic mass is 10.2. The van der Waals surface area contributed by atoms with Crippen molar-refractivity contribution in [1.82, 2.24) is 19.5 Å². The number of fused-ring (bicyclic) bond motifs is 1. The lowest BCUT2D eigenvalue weighted by molar-refractivity contribution is -0.130. The number of carbonyl (C=O) groups is 1. The van der Waals surface area contributed by atoms with E-state index in [1.165, 1.54) is 28.1 Å². The van der Waals surface area contributed by atoms with Crippen molar-refractivity contribution in [1.29, 1.82) is 0 Å². The number of hydrogen-bond donors (Lipinski definition) is 1. The van der Waals surface area contributed by atoms with E-state index in [4.69, 9.17) is 0 Å². The molecule has 1 N–H and O–H groups in total. The molecule has 1 amide bonds. The molecule has 0 spiro atoms. The fourth-order valence-electron chi connectivity index (χ4n) is 2.23. The Hall–Kier alpha value is -2.74. The number of hydrogen-bond acceptors (Lipinski definition) is 6. The van der Waals surface area contributed by atoms with Crippen LogP contribution in [0.25, 0.3) is 4.96 Å². The molecule has 0 saturated heterocycles. The van der Waals surface area contributed by atoms with Gasteiger partial charge in [0.1, 0.15) is 0 Å². The monoisotopic (exact) mass is 343 g/mol. The lowest BCUT2D eigenvalue weighted by Gasteiger charge is -2.17. The second-order valence-corrected chi connectivity index (χ2v) is 6.25. The Bertz CT molecular complexity index is 890. The molecule has 7 nitrogen and oxygen atoms in total. The zero-order valence-electron chi connectivity index (χ0n) is 13.2. The molecule has 2 aromatic heterocycles. The van der Waals surface area contributed by atoms with Gasteiger partial charge in [0.2, 0.25) is 16.0 Å². The van der Waals surface area contributed by atoms with Crippen molar-refractivity contribution in [2.24, 2.45) is 0 Å². The van der Waals surface area contributed by atoms with Gasteiger partial charge < -0.3 is 10.2 Å². The smallest absolute Gasteiger partial charge is 0.275 e. The Kier molecular flexibility index (Phi) is 4.85. The maximum absolute atomic E-state index is 12.2. The quantitative estimate of drug-likeness (QED) is 0.735. The largest absolute Gasteiger partial charge is 0.360 e. The first-order valence-corrected chi connectivity index (χ1v) is 8.32. The third-order valence-electron chi connectivity index (χ3n) is 3.47. The zero-order valence-corrected chi connectivity index (χ0v) is 14.0. The number of benzene rings is 1. The van der Waals surface area contributed by atoms with Gasteiger partial charge in [0.05, 0.1) is 0 Å². The Morgan fingerprint density at radius 2 is 2.08 bits per heavy atom. The number of nitrogens with zero attached hydrogens (tertiary/aromatic N) is 4. The third kappa shape index (κ3) is 3.77. The van der Waals surface area contributed by atoms with Gasteiger partial charge in [0, 0.05) is 38.8 Å². The molecule has 8 heteroatoms. The Labute approximate surface area is 142 Å². The number of rotatable bonds is 6. The average Bonchev–Trinajstić information content (AvgIpc) is 3.00. The Morgan fingerprint density at radius 3 is 2.83 bits per heavy atom. The van der Waals surface area contributed by atoms with Crippen molar-refractivity contribution < 1.29 is 4.79 Å². The zero-order chi connectivity index (χ0) is 16.9. The maximum Gasteiger partial charge on any atom is 0.275 e. The van der Waals surface area contributed by atoms with Crippen LogP contribution in [0.5, 0.6) is 0 Å². The van der Waals surface area contributed by atoms with Crippen LogP contribution in [0, 0.1) is 0 Å². The van der Waals surface area contributed by atoms with Crippen molar-refractivity contribution >= 4 is 27.3 Å². The summed E-state index contributed by atoms with van der Waals surface area (Å²) in [6.07, 6.45) is 1.81. The minimum absolute atomic E-state index is 0.0442. The van der Waals surface area contributed by atoms with Gasteiger partial charge in [0.25, 0.3) is 5.56 Å². The Balaban J connectivity index is 1.52. The molecule has 0 aliphatic carbocycles. The Morgan fingerprint density at radius 1 is 1.29 bits per heavy atom. The van der Waals surface area contributed by atoms with Gasteiger partial charge in [-0.15, -0.1) is 5.10 Å². The average molecular weight is 343 g/mol. The highest BCUT2D eigenvalue weighted by Gasteiger charge is 2.10. The van der Waals surface area contributed by atoms with E-state index in [1.807, 2.05) is 30.3 Å². The first-order valence-electron chi connectivity index (χ1n) is 7.50. The molecule has 0 fully saturated rings. The highest BCUT2D eigenvalue weighted by atomic mass is 32.1. The van der Waals surface area contributed by atoms with Crippen LogP contribution in [0.2, 0.25) is 0 Å². The van der Waals surface area contributed by atoms with Crippen molar-refractivity contribution in [2.75, 3.05) is 18.9 Å². The normalized spacial score (nSPS) is 10.7. The van der Waals surface area contributed by atoms with E-state index in [-0.39, 0.29) is 11.5 Å². The number of carbonyl (C=O) groups excluding carboxylic acids is 1. The molecule has 3 aromatic rings. The maximum atomic E-state index is 12.2. The highest BCUT2D eigenvalue weighted by Crippen LogP contribution is 2.15. The molecular formula is C16H17N5O2S. The van der Waals surface area contributed by atoms with E-state index < -0.39 is 0 Å². The van der Waals surface area contributed by atoms with Crippen molar-refractivity contribution in [3.05, 3.63) is 58.5 Å². The summed E-state index contributed by atoms with van der Waals surface area (Å²) in [7, 11) is 1.79. The fourth-order valence-corrected chi connectivity index (χ4v) is 3.03. The van der Waals surface area contributed by atoms with Crippen molar-refractivity contribution in [3.8, 4) is 0 Å². The summed E-state index contributed by atoms with van der Waals surface area (Å²) >= 11 is 1.28. The topological polar surface area (TPSA) is 79.6 Å². The number of anilines is 1. The predicted octanol–water partition coefficient (Wildman–Crippen LogP) is 1.61. The van der Waals surface area contributed by atoms with Gasteiger partial charge in [-0.2, -0.15) is 4.52 Å². The summed E-state index contributed by atoms with van der Waals surface area (Å²) in [6.45, 7) is 1.03. The van der Waals surface area contributed by atoms with E-state index in [9.17, 15) is 9.59 Å². The molecule has 0 unspecified atom stereocenters. The second kappa shape index (κ2) is 7.22. The molecule has 0 aliphatic heterocycles. The van der Waals surface area contributed by atoms with Gasteiger partial charge in [0.15, 0.2) is 0 Å². The second-order valence-electron chi connectivity index (χ2n) is 5.30. The molecule has 124 valence electrons. The molecule has 2 heterocycles. The summed E-state index contributed by atoms with van der Waals surface area (Å²) in [6, 6.07) is 11.2. The fraction of sp³-hybridized carbons (Fsp3) is 0.250. The van der Waals surface area contributed by atoms with Gasteiger partial charge in [-0.1, -0.05) is 41.7 Å². The first kappa shape index (κ1) is 16.1. The summed E-state index contributed by atoms with van der Waals surface area (Å²) < 4.78 is 1.25. The van der Waals surface area contributed by atoms with Crippen LogP contribution in [0.15, 0.2) is 47.4 Å². The minimum Gasteiger partial charge on any atom is -0.360 e. The van der Waals surface area contributed by atoms with Crippen molar-refractivity contribution in [3.63, 3.8) is 0 Å². The number of nitrogens with one attached hydrogen (secondary N) is 1. The highest BCUT2D eigenvalue weighted by molar-refractivity contribution is 7.20. The molecule has 0 radical (unpaired) electrons. The van der Waals surface area contributed by atoms with E-state index in [0.29, 0.717) is 29.6 Å². The van der Waals surface area contributed by atoms with E-state index in [0.717, 1.165) is 5.56 Å². The van der Waals surface area contributed by atoms with Gasteiger partial charge in [-0.25, -0.2) is 4.98 Å². The van der Waals surface area contributed by atoms with E-state index in [2.05, 4.69) is 15.4 Å². The predicted molar refractivity (Wildman–Crippen MR) is 93.2 cm³/mol. The van der Waals surface area contributed by atoms with Gasteiger partial charge in [-0.05, 0) is 5.56 Å². The van der Waals surface area contributed by atoms with Crippen LogP contribution in [-0.2, 0) is 11.3 Å². The molecular weight excluding hydrogens is 326 g/mol. The van der Waals surface area contributed by atoms with Crippen LogP contribution < -0.4 is 10.9 Å². The van der Waals surface area contributed by atoms with Crippen LogP contribution in [-0.4, -0.2) is 39.0 Å². The standard InChI is InChI=1S/C16H17N5O2S/c1-20(11-12-5-3-2-4-6-12)13(22)7-9-17-15-19-21-14(23)8-10-18-16(21)24-15/h2-6,8,10H,7,9,11H2,1H3,(H,17,19). The molecule has 24 heavy (non-hydrogen) atoms. The first-order chi connectivity index (χ1) is 11.6. The van der Waals surface area contributed by atoms with Gasteiger partial charge >= 0.3 is 0 Å². The van der Waals surface area contributed by atoms with Gasteiger partial charge in [-0.3, -0.25) is 9.59 Å². The molecule has 3 rings (SSSR count). The number of aromatic nitrogens is 3. The molecule has 0 saturated carbocycles. The van der Waals surface area contributed by atoms with Crippen LogP contribution in [0.1, 0.15) is 12.0 Å². The SMILES string of the molecule is CN(Cc1ccccc1)C(=O)CCNc1nn2c(=O)ccnc2s1. The third-order valence-corrected chi connectivity index (χ3v) is 4.35. The van der Waals surface area contributed by atoms with Crippen LogP contribution in [0.4, 0.5) is 5.13 Å².